The Labute approximate surface area is 132 Å². The van der Waals surface area contributed by atoms with E-state index in [1.54, 1.807) is 12.5 Å². The first-order valence-corrected chi connectivity index (χ1v) is 7.77. The van der Waals surface area contributed by atoms with Crippen molar-refractivity contribution in [3.05, 3.63) is 36.9 Å². The maximum atomic E-state index is 4.75. The molecule has 0 atom stereocenters. The van der Waals surface area contributed by atoms with E-state index in [0.717, 1.165) is 46.8 Å². The van der Waals surface area contributed by atoms with Crippen molar-refractivity contribution in [2.75, 3.05) is 18.0 Å². The lowest BCUT2D eigenvalue weighted by Crippen LogP contribution is -2.20. The predicted octanol–water partition coefficient (Wildman–Crippen LogP) is 2.29. The van der Waals surface area contributed by atoms with Crippen molar-refractivity contribution in [2.45, 2.75) is 12.8 Å². The minimum absolute atomic E-state index is 0.791. The van der Waals surface area contributed by atoms with Gasteiger partial charge in [-0.05, 0) is 31.0 Å². The summed E-state index contributed by atoms with van der Waals surface area (Å²) in [5.41, 5.74) is 3.65. The molecule has 0 saturated carbocycles. The molecule has 4 heterocycles. The maximum absolute atomic E-state index is 4.75. The van der Waals surface area contributed by atoms with E-state index in [1.807, 2.05) is 16.8 Å². The van der Waals surface area contributed by atoms with Gasteiger partial charge in [-0.2, -0.15) is 10.1 Å². The average Bonchev–Trinajstić information content (AvgIpc) is 3.32. The molecule has 0 bridgehead atoms. The van der Waals surface area contributed by atoms with Crippen LogP contribution < -0.4 is 4.90 Å². The monoisotopic (exact) mass is 305 g/mol. The molecule has 0 spiro atoms. The molecular formula is C16H15N7. The molecule has 1 aliphatic rings. The first-order chi connectivity index (χ1) is 11.4. The summed E-state index contributed by atoms with van der Waals surface area (Å²) in [7, 11) is 0. The third-order valence-corrected chi connectivity index (χ3v) is 4.37. The molecule has 7 nitrogen and oxygen atoms in total. The largest absolute Gasteiger partial charge is 0.341 e. The third-order valence-electron chi connectivity index (χ3n) is 4.37. The van der Waals surface area contributed by atoms with E-state index in [1.165, 1.54) is 12.8 Å². The van der Waals surface area contributed by atoms with E-state index in [2.05, 4.69) is 37.2 Å². The van der Waals surface area contributed by atoms with Crippen molar-refractivity contribution >= 4 is 28.0 Å². The first kappa shape index (κ1) is 12.6. The van der Waals surface area contributed by atoms with Gasteiger partial charge in [-0.3, -0.25) is 9.67 Å². The zero-order valence-corrected chi connectivity index (χ0v) is 12.5. The first-order valence-electron chi connectivity index (χ1n) is 7.77. The molecular weight excluding hydrogens is 290 g/mol. The van der Waals surface area contributed by atoms with Gasteiger partial charge in [-0.15, -0.1) is 0 Å². The summed E-state index contributed by atoms with van der Waals surface area (Å²) in [6.07, 6.45) is 7.83. The fourth-order valence-electron chi connectivity index (χ4n) is 3.13. The van der Waals surface area contributed by atoms with Crippen LogP contribution in [0.15, 0.2) is 36.9 Å². The SMILES string of the molecule is c1cc2cn[nH]c2cc1-n1cnc2cnc(N3CCCC3)nc21. The standard InChI is InChI=1S/C16H15N7/c1-2-6-22(5-1)16-17-9-14-15(20-16)23(10-18-14)12-4-3-11-8-19-21-13(11)7-12/h3-4,7-10H,1-2,5-6H2,(H,19,21). The van der Waals surface area contributed by atoms with Crippen LogP contribution in [0.1, 0.15) is 12.8 Å². The number of aromatic nitrogens is 6. The zero-order valence-electron chi connectivity index (χ0n) is 12.5. The van der Waals surface area contributed by atoms with Crippen molar-refractivity contribution in [3.8, 4) is 5.69 Å². The van der Waals surface area contributed by atoms with Crippen molar-refractivity contribution in [1.29, 1.82) is 0 Å². The molecule has 5 rings (SSSR count). The molecule has 0 radical (unpaired) electrons. The molecule has 23 heavy (non-hydrogen) atoms. The lowest BCUT2D eigenvalue weighted by atomic mass is 10.2. The Morgan fingerprint density at radius 2 is 1.96 bits per heavy atom. The molecule has 0 aliphatic carbocycles. The number of anilines is 1. The maximum Gasteiger partial charge on any atom is 0.227 e. The van der Waals surface area contributed by atoms with Crippen LogP contribution in [0.5, 0.6) is 0 Å². The van der Waals surface area contributed by atoms with Gasteiger partial charge in [0.2, 0.25) is 5.95 Å². The van der Waals surface area contributed by atoms with Gasteiger partial charge in [-0.1, -0.05) is 0 Å². The topological polar surface area (TPSA) is 75.5 Å². The number of hydrogen-bond donors (Lipinski definition) is 1. The van der Waals surface area contributed by atoms with E-state index in [4.69, 9.17) is 4.98 Å². The highest BCUT2D eigenvalue weighted by atomic mass is 15.3. The molecule has 1 aliphatic heterocycles. The Kier molecular flexibility index (Phi) is 2.61. The van der Waals surface area contributed by atoms with Gasteiger partial charge in [0.1, 0.15) is 11.8 Å². The minimum atomic E-state index is 0.791. The van der Waals surface area contributed by atoms with E-state index in [-0.39, 0.29) is 0 Å². The lowest BCUT2D eigenvalue weighted by molar-refractivity contribution is 0.901. The van der Waals surface area contributed by atoms with Crippen LogP contribution in [-0.2, 0) is 0 Å². The molecule has 1 saturated heterocycles. The fourth-order valence-corrected chi connectivity index (χ4v) is 3.13. The highest BCUT2D eigenvalue weighted by Crippen LogP contribution is 2.22. The number of H-pyrrole nitrogens is 1. The van der Waals surface area contributed by atoms with Gasteiger partial charge in [0.05, 0.1) is 23.6 Å². The highest BCUT2D eigenvalue weighted by Gasteiger charge is 2.17. The number of rotatable bonds is 2. The lowest BCUT2D eigenvalue weighted by Gasteiger charge is -2.14. The molecule has 3 aromatic heterocycles. The second kappa shape index (κ2) is 4.77. The van der Waals surface area contributed by atoms with Crippen LogP contribution in [0.25, 0.3) is 27.8 Å². The van der Waals surface area contributed by atoms with Crippen LogP contribution >= 0.6 is 0 Å². The van der Waals surface area contributed by atoms with Crippen LogP contribution in [0.3, 0.4) is 0 Å². The predicted molar refractivity (Wildman–Crippen MR) is 87.8 cm³/mol. The number of benzene rings is 1. The van der Waals surface area contributed by atoms with Crippen LogP contribution in [0.4, 0.5) is 5.95 Å². The van der Waals surface area contributed by atoms with Gasteiger partial charge in [-0.25, -0.2) is 9.97 Å². The van der Waals surface area contributed by atoms with Crippen molar-refractivity contribution in [1.82, 2.24) is 29.7 Å². The van der Waals surface area contributed by atoms with Gasteiger partial charge in [0.15, 0.2) is 5.65 Å². The van der Waals surface area contributed by atoms with Gasteiger partial charge >= 0.3 is 0 Å². The average molecular weight is 305 g/mol. The molecule has 1 fully saturated rings. The van der Waals surface area contributed by atoms with Gasteiger partial charge in [0.25, 0.3) is 0 Å². The Morgan fingerprint density at radius 3 is 2.87 bits per heavy atom. The number of imidazole rings is 1. The molecule has 1 aromatic carbocycles. The summed E-state index contributed by atoms with van der Waals surface area (Å²) < 4.78 is 2.00. The van der Waals surface area contributed by atoms with Crippen LogP contribution in [0.2, 0.25) is 0 Å². The van der Waals surface area contributed by atoms with Crippen LogP contribution in [0, 0.1) is 0 Å². The van der Waals surface area contributed by atoms with Gasteiger partial charge < -0.3 is 4.90 Å². The zero-order chi connectivity index (χ0) is 15.2. The van der Waals surface area contributed by atoms with E-state index in [0.29, 0.717) is 0 Å². The van der Waals surface area contributed by atoms with Crippen molar-refractivity contribution in [2.24, 2.45) is 0 Å². The normalized spacial score (nSPS) is 15.0. The Balaban J connectivity index is 1.66. The smallest absolute Gasteiger partial charge is 0.227 e. The number of nitrogens with zero attached hydrogens (tertiary/aromatic N) is 6. The molecule has 1 N–H and O–H groups in total. The summed E-state index contributed by atoms with van der Waals surface area (Å²) in [6, 6.07) is 6.15. The Hall–Kier alpha value is -2.96. The van der Waals surface area contributed by atoms with Crippen molar-refractivity contribution in [3.63, 3.8) is 0 Å². The third kappa shape index (κ3) is 1.97. The second-order valence-corrected chi connectivity index (χ2v) is 5.83. The molecule has 0 amide bonds. The van der Waals surface area contributed by atoms with Crippen LogP contribution in [-0.4, -0.2) is 42.8 Å². The minimum Gasteiger partial charge on any atom is -0.341 e. The molecule has 4 aromatic rings. The van der Waals surface area contributed by atoms with E-state index in [9.17, 15) is 0 Å². The Morgan fingerprint density at radius 1 is 1.04 bits per heavy atom. The quantitative estimate of drug-likeness (QED) is 0.615. The number of aromatic amines is 1. The Bertz CT molecular complexity index is 994. The summed E-state index contributed by atoms with van der Waals surface area (Å²) in [5.74, 6) is 0.791. The van der Waals surface area contributed by atoms with Gasteiger partial charge in [0, 0.05) is 18.5 Å². The van der Waals surface area contributed by atoms with E-state index < -0.39 is 0 Å². The number of fused-ring (bicyclic) bond motifs is 2. The molecule has 114 valence electrons. The molecule has 7 heteroatoms. The summed E-state index contributed by atoms with van der Waals surface area (Å²) in [5, 5.41) is 8.16. The van der Waals surface area contributed by atoms with Crippen molar-refractivity contribution < 1.29 is 0 Å². The summed E-state index contributed by atoms with van der Waals surface area (Å²) in [6.45, 7) is 2.06. The fraction of sp³-hybridized carbons (Fsp3) is 0.250. The summed E-state index contributed by atoms with van der Waals surface area (Å²) in [4.78, 5) is 15.9. The number of nitrogens with one attached hydrogen (secondary N) is 1. The second-order valence-electron chi connectivity index (χ2n) is 5.83. The molecule has 0 unspecified atom stereocenters. The number of hydrogen-bond acceptors (Lipinski definition) is 5. The summed E-state index contributed by atoms with van der Waals surface area (Å²) >= 11 is 0. The highest BCUT2D eigenvalue weighted by molar-refractivity contribution is 5.81. The van der Waals surface area contributed by atoms with E-state index >= 15 is 0 Å².